The van der Waals surface area contributed by atoms with E-state index >= 15 is 0 Å². The Labute approximate surface area is 149 Å². The van der Waals surface area contributed by atoms with Crippen molar-refractivity contribution in [1.82, 2.24) is 0 Å². The Balaban J connectivity index is 2.49. The van der Waals surface area contributed by atoms with Gasteiger partial charge in [-0.15, -0.1) is 0 Å². The van der Waals surface area contributed by atoms with Gasteiger partial charge in [0.2, 0.25) is 5.91 Å². The van der Waals surface area contributed by atoms with E-state index < -0.39 is 15.9 Å². The fourth-order valence-corrected chi connectivity index (χ4v) is 4.06. The molecule has 0 bridgehead atoms. The Morgan fingerprint density at radius 3 is 2.42 bits per heavy atom. The Morgan fingerprint density at radius 2 is 1.83 bits per heavy atom. The van der Waals surface area contributed by atoms with E-state index in [9.17, 15) is 13.2 Å². The lowest BCUT2D eigenvalue weighted by molar-refractivity contribution is 0.0999. The molecule has 24 heavy (non-hydrogen) atoms. The zero-order valence-electron chi connectivity index (χ0n) is 12.8. The number of rotatable bonds is 5. The minimum atomic E-state index is -4.03. The van der Waals surface area contributed by atoms with Gasteiger partial charge in [-0.1, -0.05) is 29.3 Å². The molecule has 1 amide bonds. The van der Waals surface area contributed by atoms with Crippen LogP contribution in [0.15, 0.2) is 35.2 Å². The lowest BCUT2D eigenvalue weighted by Crippen LogP contribution is -2.17. The molecule has 0 aromatic heterocycles. The Bertz CT molecular complexity index is 914. The first-order valence-corrected chi connectivity index (χ1v) is 8.87. The predicted molar refractivity (Wildman–Crippen MR) is 93.5 cm³/mol. The van der Waals surface area contributed by atoms with Crippen molar-refractivity contribution >= 4 is 44.8 Å². The molecule has 2 aromatic carbocycles. The maximum Gasteiger partial charge on any atom is 0.263 e. The van der Waals surface area contributed by atoms with E-state index in [-0.39, 0.29) is 31.9 Å². The fourth-order valence-electron chi connectivity index (χ4n) is 2.09. The number of primary amides is 1. The average Bonchev–Trinajstić information content (AvgIpc) is 2.51. The maximum absolute atomic E-state index is 12.6. The number of anilines is 1. The fraction of sp³-hybridized carbons (Fsp3) is 0.133. The number of carbonyl (C=O) groups excluding carboxylic acids is 1. The molecule has 0 aliphatic rings. The minimum absolute atomic E-state index is 0.00958. The van der Waals surface area contributed by atoms with Crippen LogP contribution in [0.3, 0.4) is 0 Å². The first-order chi connectivity index (χ1) is 11.2. The van der Waals surface area contributed by atoms with Crippen LogP contribution in [0, 0.1) is 6.92 Å². The van der Waals surface area contributed by atoms with E-state index in [4.69, 9.17) is 33.7 Å². The molecule has 6 nitrogen and oxygen atoms in total. The van der Waals surface area contributed by atoms with Gasteiger partial charge in [0.05, 0.1) is 17.8 Å². The number of carbonyl (C=O) groups is 1. The second kappa shape index (κ2) is 6.88. The summed E-state index contributed by atoms with van der Waals surface area (Å²) in [6.45, 7) is 1.58. The van der Waals surface area contributed by atoms with E-state index in [1.54, 1.807) is 6.92 Å². The predicted octanol–water partition coefficient (Wildman–Crippen LogP) is 3.21. The van der Waals surface area contributed by atoms with Gasteiger partial charge in [-0.05, 0) is 36.8 Å². The number of ether oxygens (including phenoxy) is 1. The number of nitrogens with two attached hydrogens (primary N) is 1. The Kier molecular flexibility index (Phi) is 5.27. The molecule has 0 fully saturated rings. The highest BCUT2D eigenvalue weighted by Gasteiger charge is 2.23. The Morgan fingerprint density at radius 1 is 1.17 bits per heavy atom. The highest BCUT2D eigenvalue weighted by Crippen LogP contribution is 2.37. The highest BCUT2D eigenvalue weighted by atomic mass is 35.5. The number of amides is 1. The average molecular weight is 389 g/mol. The standard InChI is InChI=1S/C15H14Cl2N2O4S/c1-8-9(15(18)20)4-3-5-10(8)19-24(21,22)12-7-6-11(23-2)13(16)14(12)17/h3-7,19H,1-2H3,(H2,18,20). The monoisotopic (exact) mass is 388 g/mol. The van der Waals surface area contributed by atoms with Gasteiger partial charge in [0.15, 0.2) is 0 Å². The number of halogens is 2. The molecule has 128 valence electrons. The van der Waals surface area contributed by atoms with Crippen LogP contribution < -0.4 is 15.2 Å². The van der Waals surface area contributed by atoms with Gasteiger partial charge in [0, 0.05) is 5.56 Å². The van der Waals surface area contributed by atoms with Crippen molar-refractivity contribution in [2.45, 2.75) is 11.8 Å². The van der Waals surface area contributed by atoms with E-state index in [2.05, 4.69) is 4.72 Å². The second-order valence-electron chi connectivity index (χ2n) is 4.84. The van der Waals surface area contributed by atoms with Gasteiger partial charge in [0.1, 0.15) is 15.7 Å². The third kappa shape index (κ3) is 3.43. The number of hydrogen-bond acceptors (Lipinski definition) is 4. The van der Waals surface area contributed by atoms with E-state index in [1.807, 2.05) is 0 Å². The molecule has 0 saturated heterocycles. The summed E-state index contributed by atoms with van der Waals surface area (Å²) in [6.07, 6.45) is 0. The molecule has 9 heteroatoms. The van der Waals surface area contributed by atoms with Gasteiger partial charge >= 0.3 is 0 Å². The summed E-state index contributed by atoms with van der Waals surface area (Å²) < 4.78 is 32.6. The molecule has 0 unspecified atom stereocenters. The molecule has 0 aliphatic heterocycles. The van der Waals surface area contributed by atoms with Gasteiger partial charge in [-0.3, -0.25) is 9.52 Å². The normalized spacial score (nSPS) is 11.2. The molecule has 2 rings (SSSR count). The van der Waals surface area contributed by atoms with Crippen molar-refractivity contribution < 1.29 is 17.9 Å². The number of nitrogens with one attached hydrogen (secondary N) is 1. The van der Waals surface area contributed by atoms with E-state index in [1.165, 1.54) is 37.4 Å². The summed E-state index contributed by atoms with van der Waals surface area (Å²) >= 11 is 12.0. The first kappa shape index (κ1) is 18.4. The molecule has 3 N–H and O–H groups in total. The molecule has 0 heterocycles. The molecule has 0 spiro atoms. The van der Waals surface area contributed by atoms with Gasteiger partial charge in [0.25, 0.3) is 10.0 Å². The lowest BCUT2D eigenvalue weighted by atomic mass is 10.1. The third-order valence-electron chi connectivity index (χ3n) is 3.36. The largest absolute Gasteiger partial charge is 0.495 e. The summed E-state index contributed by atoms with van der Waals surface area (Å²) in [5.41, 5.74) is 6.11. The number of methoxy groups -OCH3 is 1. The summed E-state index contributed by atoms with van der Waals surface area (Å²) in [5.74, 6) is -0.397. The van der Waals surface area contributed by atoms with Crippen LogP contribution in [0.25, 0.3) is 0 Å². The quantitative estimate of drug-likeness (QED) is 0.820. The van der Waals surface area contributed by atoms with Crippen LogP contribution in [0.1, 0.15) is 15.9 Å². The SMILES string of the molecule is COc1ccc(S(=O)(=O)Nc2cccc(C(N)=O)c2C)c(Cl)c1Cl. The molecular formula is C15H14Cl2N2O4S. The highest BCUT2D eigenvalue weighted by molar-refractivity contribution is 7.92. The minimum Gasteiger partial charge on any atom is -0.495 e. The lowest BCUT2D eigenvalue weighted by Gasteiger charge is -2.14. The third-order valence-corrected chi connectivity index (χ3v) is 5.75. The zero-order chi connectivity index (χ0) is 18.1. The van der Waals surface area contributed by atoms with Crippen molar-refractivity contribution in [2.24, 2.45) is 5.73 Å². The molecule has 2 aromatic rings. The molecule has 0 atom stereocenters. The zero-order valence-corrected chi connectivity index (χ0v) is 15.1. The van der Waals surface area contributed by atoms with Crippen LogP contribution in [-0.4, -0.2) is 21.4 Å². The van der Waals surface area contributed by atoms with Gasteiger partial charge in [-0.2, -0.15) is 0 Å². The van der Waals surface area contributed by atoms with Crippen LogP contribution in [0.5, 0.6) is 5.75 Å². The Hall–Kier alpha value is -1.96. The topological polar surface area (TPSA) is 98.5 Å². The molecule has 0 saturated carbocycles. The van der Waals surface area contributed by atoms with Crippen molar-refractivity contribution in [1.29, 1.82) is 0 Å². The molecular weight excluding hydrogens is 375 g/mol. The molecule has 0 radical (unpaired) electrons. The molecule has 0 aliphatic carbocycles. The van der Waals surface area contributed by atoms with E-state index in [0.29, 0.717) is 5.56 Å². The second-order valence-corrected chi connectivity index (χ2v) is 7.25. The van der Waals surface area contributed by atoms with Gasteiger partial charge < -0.3 is 10.5 Å². The van der Waals surface area contributed by atoms with Crippen LogP contribution >= 0.6 is 23.2 Å². The maximum atomic E-state index is 12.6. The van der Waals surface area contributed by atoms with E-state index in [0.717, 1.165) is 0 Å². The van der Waals surface area contributed by atoms with Crippen LogP contribution in [0.2, 0.25) is 10.0 Å². The van der Waals surface area contributed by atoms with Crippen molar-refractivity contribution in [3.05, 3.63) is 51.5 Å². The smallest absolute Gasteiger partial charge is 0.263 e. The number of sulfonamides is 1. The number of hydrogen-bond donors (Lipinski definition) is 2. The van der Waals surface area contributed by atoms with Crippen LogP contribution in [0.4, 0.5) is 5.69 Å². The summed E-state index contributed by atoms with van der Waals surface area (Å²) in [6, 6.07) is 7.22. The summed E-state index contributed by atoms with van der Waals surface area (Å²) in [4.78, 5) is 11.2. The van der Waals surface area contributed by atoms with Crippen LogP contribution in [-0.2, 0) is 10.0 Å². The summed E-state index contributed by atoms with van der Waals surface area (Å²) in [7, 11) is -2.64. The van der Waals surface area contributed by atoms with Gasteiger partial charge in [-0.25, -0.2) is 8.42 Å². The summed E-state index contributed by atoms with van der Waals surface area (Å²) in [5, 5.41) is -0.170. The number of benzene rings is 2. The van der Waals surface area contributed by atoms with Crippen molar-refractivity contribution in [3.8, 4) is 5.75 Å². The van der Waals surface area contributed by atoms with Crippen molar-refractivity contribution in [2.75, 3.05) is 11.8 Å². The first-order valence-electron chi connectivity index (χ1n) is 6.63. The van der Waals surface area contributed by atoms with Crippen molar-refractivity contribution in [3.63, 3.8) is 0 Å².